The van der Waals surface area contributed by atoms with Crippen LogP contribution in [0.1, 0.15) is 36.8 Å². The lowest BCUT2D eigenvalue weighted by molar-refractivity contribution is -0.142. The Morgan fingerprint density at radius 2 is 1.89 bits per heavy atom. The second kappa shape index (κ2) is 9.71. The van der Waals surface area contributed by atoms with Crippen LogP contribution in [0, 0.1) is 0 Å². The van der Waals surface area contributed by atoms with Crippen LogP contribution in [0.4, 0.5) is 0 Å². The molecule has 1 aromatic rings. The molecule has 1 aromatic carbocycles. The first-order chi connectivity index (χ1) is 12.5. The molecule has 0 saturated carbocycles. The Bertz CT molecular complexity index is 697. The summed E-state index contributed by atoms with van der Waals surface area (Å²) in [6.07, 6.45) is 2.91. The highest BCUT2D eigenvalue weighted by Gasteiger charge is 2.31. The molecule has 27 heavy (non-hydrogen) atoms. The number of hydrogen-bond donors (Lipinski definition) is 2. The summed E-state index contributed by atoms with van der Waals surface area (Å²) in [7, 11) is 0. The van der Waals surface area contributed by atoms with Gasteiger partial charge < -0.3 is 15.3 Å². The molecule has 7 nitrogen and oxygen atoms in total. The van der Waals surface area contributed by atoms with Crippen LogP contribution in [-0.2, 0) is 27.5 Å². The minimum absolute atomic E-state index is 0. The fourth-order valence-electron chi connectivity index (χ4n) is 3.69. The molecule has 1 unspecified atom stereocenters. The van der Waals surface area contributed by atoms with E-state index in [1.54, 1.807) is 4.90 Å². The molecule has 2 saturated heterocycles. The molecule has 2 heterocycles. The van der Waals surface area contributed by atoms with Crippen LogP contribution in [0.25, 0.3) is 0 Å². The molecule has 2 amide bonds. The van der Waals surface area contributed by atoms with Crippen molar-refractivity contribution in [2.24, 2.45) is 0 Å². The lowest BCUT2D eigenvalue weighted by Crippen LogP contribution is -2.42. The SMILES string of the molecule is Cl.O=C(CN1CCCC1C(=O)O)NCc1ccccc1CN1CCCC1=O. The Kier molecular flexibility index (Phi) is 7.62. The number of carboxylic acid groups (broad SMARTS) is 1. The van der Waals surface area contributed by atoms with Gasteiger partial charge in [0.1, 0.15) is 6.04 Å². The van der Waals surface area contributed by atoms with Crippen LogP contribution in [-0.4, -0.2) is 58.4 Å². The average Bonchev–Trinajstić information content (AvgIpc) is 3.23. The second-order valence-electron chi connectivity index (χ2n) is 6.93. The molecule has 2 aliphatic rings. The maximum absolute atomic E-state index is 12.2. The van der Waals surface area contributed by atoms with Crippen molar-refractivity contribution in [1.82, 2.24) is 15.1 Å². The summed E-state index contributed by atoms with van der Waals surface area (Å²) in [5, 5.41) is 12.1. The summed E-state index contributed by atoms with van der Waals surface area (Å²) in [6.45, 7) is 2.47. The fraction of sp³-hybridized carbons (Fsp3) is 0.526. The standard InChI is InChI=1S/C19H25N3O4.ClH/c23-17(13-21-9-3-7-16(21)19(25)26)20-11-14-5-1-2-6-15(14)12-22-10-4-8-18(22)24;/h1-2,5-6,16H,3-4,7-13H2,(H,20,23)(H,25,26);1H. The lowest BCUT2D eigenvalue weighted by Gasteiger charge is -2.21. The highest BCUT2D eigenvalue weighted by Crippen LogP contribution is 2.18. The van der Waals surface area contributed by atoms with Gasteiger partial charge in [0.15, 0.2) is 0 Å². The first-order valence-corrected chi connectivity index (χ1v) is 9.12. The van der Waals surface area contributed by atoms with Gasteiger partial charge in [-0.2, -0.15) is 0 Å². The summed E-state index contributed by atoms with van der Waals surface area (Å²) >= 11 is 0. The molecule has 3 rings (SSSR count). The van der Waals surface area contributed by atoms with Gasteiger partial charge in [-0.25, -0.2) is 0 Å². The summed E-state index contributed by atoms with van der Waals surface area (Å²) in [4.78, 5) is 38.8. The summed E-state index contributed by atoms with van der Waals surface area (Å²) in [5.74, 6) is -0.862. The van der Waals surface area contributed by atoms with E-state index in [9.17, 15) is 19.5 Å². The van der Waals surface area contributed by atoms with Crippen LogP contribution in [0.2, 0.25) is 0 Å². The van der Waals surface area contributed by atoms with Crippen molar-refractivity contribution in [3.63, 3.8) is 0 Å². The van der Waals surface area contributed by atoms with E-state index in [0.29, 0.717) is 32.5 Å². The van der Waals surface area contributed by atoms with Gasteiger partial charge in [-0.15, -0.1) is 12.4 Å². The quantitative estimate of drug-likeness (QED) is 0.728. The van der Waals surface area contributed by atoms with Gasteiger partial charge in [-0.1, -0.05) is 24.3 Å². The molecule has 1 atom stereocenters. The van der Waals surface area contributed by atoms with Gasteiger partial charge in [0.2, 0.25) is 11.8 Å². The Hall–Kier alpha value is -2.12. The third kappa shape index (κ3) is 5.43. The normalized spacial score (nSPS) is 19.8. The average molecular weight is 396 g/mol. The molecule has 0 aliphatic carbocycles. The number of benzene rings is 1. The van der Waals surface area contributed by atoms with Gasteiger partial charge in [-0.05, 0) is 36.9 Å². The molecule has 2 aliphatic heterocycles. The zero-order valence-corrected chi connectivity index (χ0v) is 16.0. The summed E-state index contributed by atoms with van der Waals surface area (Å²) in [5.41, 5.74) is 2.02. The number of rotatable bonds is 7. The van der Waals surface area contributed by atoms with E-state index in [0.717, 1.165) is 30.5 Å². The number of hydrogen-bond acceptors (Lipinski definition) is 4. The molecule has 0 radical (unpaired) electrons. The number of nitrogens with zero attached hydrogens (tertiary/aromatic N) is 2. The van der Waals surface area contributed by atoms with E-state index >= 15 is 0 Å². The third-order valence-electron chi connectivity index (χ3n) is 5.12. The third-order valence-corrected chi connectivity index (χ3v) is 5.12. The largest absolute Gasteiger partial charge is 0.480 e. The Morgan fingerprint density at radius 3 is 2.56 bits per heavy atom. The predicted octanol–water partition coefficient (Wildman–Crippen LogP) is 1.40. The Morgan fingerprint density at radius 1 is 1.15 bits per heavy atom. The smallest absolute Gasteiger partial charge is 0.320 e. The second-order valence-corrected chi connectivity index (χ2v) is 6.93. The molecule has 2 N–H and O–H groups in total. The maximum Gasteiger partial charge on any atom is 0.320 e. The van der Waals surface area contributed by atoms with Gasteiger partial charge in [0, 0.05) is 26.1 Å². The maximum atomic E-state index is 12.2. The number of amides is 2. The number of halogens is 1. The summed E-state index contributed by atoms with van der Waals surface area (Å²) in [6, 6.07) is 7.22. The predicted molar refractivity (Wildman–Crippen MR) is 102 cm³/mol. The van der Waals surface area contributed by atoms with Gasteiger partial charge in [-0.3, -0.25) is 19.3 Å². The van der Waals surface area contributed by atoms with Crippen LogP contribution in [0.15, 0.2) is 24.3 Å². The highest BCUT2D eigenvalue weighted by molar-refractivity contribution is 5.85. The number of likely N-dealkylation sites (tertiary alicyclic amines) is 2. The van der Waals surface area contributed by atoms with Crippen molar-refractivity contribution in [1.29, 1.82) is 0 Å². The van der Waals surface area contributed by atoms with Crippen molar-refractivity contribution in [2.75, 3.05) is 19.6 Å². The van der Waals surface area contributed by atoms with Crippen molar-refractivity contribution in [3.05, 3.63) is 35.4 Å². The van der Waals surface area contributed by atoms with Crippen molar-refractivity contribution in [2.45, 2.75) is 44.8 Å². The van der Waals surface area contributed by atoms with E-state index in [4.69, 9.17) is 0 Å². The highest BCUT2D eigenvalue weighted by atomic mass is 35.5. The Labute approximate surface area is 165 Å². The number of nitrogens with one attached hydrogen (secondary N) is 1. The van der Waals surface area contributed by atoms with Gasteiger partial charge in [0.25, 0.3) is 0 Å². The molecule has 148 valence electrons. The van der Waals surface area contributed by atoms with Crippen molar-refractivity contribution >= 4 is 30.2 Å². The lowest BCUT2D eigenvalue weighted by atomic mass is 10.1. The minimum Gasteiger partial charge on any atom is -0.480 e. The topological polar surface area (TPSA) is 89.9 Å². The number of carboxylic acids is 1. The zero-order chi connectivity index (χ0) is 18.5. The van der Waals surface area contributed by atoms with Gasteiger partial charge in [0.05, 0.1) is 6.54 Å². The molecule has 0 aromatic heterocycles. The first-order valence-electron chi connectivity index (χ1n) is 9.12. The fourth-order valence-corrected chi connectivity index (χ4v) is 3.69. The molecule has 0 bridgehead atoms. The van der Waals surface area contributed by atoms with E-state index < -0.39 is 12.0 Å². The van der Waals surface area contributed by atoms with E-state index in [-0.39, 0.29) is 30.8 Å². The molecule has 8 heteroatoms. The number of carbonyl (C=O) groups excluding carboxylic acids is 2. The summed E-state index contributed by atoms with van der Waals surface area (Å²) < 4.78 is 0. The van der Waals surface area contributed by atoms with Crippen LogP contribution < -0.4 is 5.32 Å². The first kappa shape index (κ1) is 21.2. The van der Waals surface area contributed by atoms with Crippen LogP contribution in [0.5, 0.6) is 0 Å². The Balaban J connectivity index is 0.00000261. The van der Waals surface area contributed by atoms with Crippen LogP contribution >= 0.6 is 12.4 Å². The molecular formula is C19H26ClN3O4. The van der Waals surface area contributed by atoms with Gasteiger partial charge >= 0.3 is 5.97 Å². The van der Waals surface area contributed by atoms with Crippen molar-refractivity contribution < 1.29 is 19.5 Å². The van der Waals surface area contributed by atoms with E-state index in [1.165, 1.54) is 0 Å². The van der Waals surface area contributed by atoms with E-state index in [1.807, 2.05) is 29.2 Å². The van der Waals surface area contributed by atoms with Crippen LogP contribution in [0.3, 0.4) is 0 Å². The van der Waals surface area contributed by atoms with Crippen molar-refractivity contribution in [3.8, 4) is 0 Å². The molecule has 2 fully saturated rings. The molecule has 0 spiro atoms. The number of aliphatic carboxylic acids is 1. The zero-order valence-electron chi connectivity index (χ0n) is 15.2. The van der Waals surface area contributed by atoms with E-state index in [2.05, 4.69) is 5.32 Å². The molecular weight excluding hydrogens is 370 g/mol. The number of carbonyl (C=O) groups is 3. The monoisotopic (exact) mass is 395 g/mol. The minimum atomic E-state index is -0.865.